The maximum Gasteiger partial charge on any atom is 0.256 e. The van der Waals surface area contributed by atoms with Crippen LogP contribution in [0.3, 0.4) is 0 Å². The van der Waals surface area contributed by atoms with Crippen LogP contribution in [0.2, 0.25) is 10.0 Å². The summed E-state index contributed by atoms with van der Waals surface area (Å²) in [5, 5.41) is 6.73. The number of rotatable bonds is 1. The number of carbonyl (C=O) groups excluding carboxylic acids is 1. The fraction of sp³-hybridized carbons (Fsp3) is 0.385. The van der Waals surface area contributed by atoms with Crippen molar-refractivity contribution in [3.8, 4) is 0 Å². The molecule has 0 aliphatic carbocycles. The van der Waals surface area contributed by atoms with E-state index in [0.717, 1.165) is 5.56 Å². The van der Waals surface area contributed by atoms with E-state index in [1.54, 1.807) is 18.2 Å². The Labute approximate surface area is 122 Å². The minimum absolute atomic E-state index is 0.168. The number of hydrogen-bond acceptors (Lipinski definition) is 3. The molecule has 1 aliphatic heterocycles. The lowest BCUT2D eigenvalue weighted by molar-refractivity contribution is -0.120. The van der Waals surface area contributed by atoms with Crippen LogP contribution in [0, 0.1) is 0 Å². The van der Waals surface area contributed by atoms with Gasteiger partial charge in [-0.05, 0) is 38.5 Å². The Morgan fingerprint density at radius 3 is 2.53 bits per heavy atom. The van der Waals surface area contributed by atoms with Gasteiger partial charge in [-0.2, -0.15) is 0 Å². The minimum Gasteiger partial charge on any atom is -0.351 e. The molecule has 0 spiro atoms. The van der Waals surface area contributed by atoms with Crippen LogP contribution in [0.5, 0.6) is 0 Å². The van der Waals surface area contributed by atoms with Gasteiger partial charge in [-0.15, -0.1) is 0 Å². The van der Waals surface area contributed by atoms with Crippen LogP contribution in [-0.2, 0) is 4.79 Å². The molecule has 0 aromatic heterocycles. The van der Waals surface area contributed by atoms with Crippen LogP contribution in [0.1, 0.15) is 32.4 Å². The second-order valence-electron chi connectivity index (χ2n) is 5.42. The van der Waals surface area contributed by atoms with Gasteiger partial charge >= 0.3 is 0 Å². The standard InChI is InChI=1S/C13H15Cl2N3O/c1-13(2,3)18-12-16-10(11(19)17-12)7-4-5-8(14)9(15)6-7/h4-6,10H,1-3H3,(H2,16,17,18,19). The molecule has 0 saturated heterocycles. The summed E-state index contributed by atoms with van der Waals surface area (Å²) in [7, 11) is 0. The summed E-state index contributed by atoms with van der Waals surface area (Å²) in [4.78, 5) is 16.3. The SMILES string of the molecule is CC(C)(C)NC1=NC(c2ccc(Cl)c(Cl)c2)C(=O)N1. The summed E-state index contributed by atoms with van der Waals surface area (Å²) in [5.74, 6) is 0.304. The van der Waals surface area contributed by atoms with Crippen molar-refractivity contribution < 1.29 is 4.79 Å². The van der Waals surface area contributed by atoms with Crippen molar-refractivity contribution in [2.45, 2.75) is 32.4 Å². The topological polar surface area (TPSA) is 53.5 Å². The predicted octanol–water partition coefficient (Wildman–Crippen LogP) is 2.91. The first-order valence-corrected chi connectivity index (χ1v) is 6.64. The van der Waals surface area contributed by atoms with Crippen LogP contribution in [0.4, 0.5) is 0 Å². The maximum atomic E-state index is 11.9. The third-order valence-electron chi connectivity index (χ3n) is 2.50. The van der Waals surface area contributed by atoms with Gasteiger partial charge in [0.1, 0.15) is 0 Å². The summed E-state index contributed by atoms with van der Waals surface area (Å²) in [5.41, 5.74) is 0.552. The molecule has 0 radical (unpaired) electrons. The summed E-state index contributed by atoms with van der Waals surface area (Å²) < 4.78 is 0. The second kappa shape index (κ2) is 5.02. The number of benzene rings is 1. The number of guanidine groups is 1. The molecular formula is C13H15Cl2N3O. The van der Waals surface area contributed by atoms with Crippen molar-refractivity contribution >= 4 is 35.1 Å². The van der Waals surface area contributed by atoms with E-state index >= 15 is 0 Å². The highest BCUT2D eigenvalue weighted by Crippen LogP contribution is 2.28. The normalized spacial score (nSPS) is 19.1. The molecule has 1 atom stereocenters. The number of hydrogen-bond donors (Lipinski definition) is 2. The van der Waals surface area contributed by atoms with Gasteiger partial charge in [-0.25, -0.2) is 4.99 Å². The molecule has 2 rings (SSSR count). The molecule has 1 unspecified atom stereocenters. The Morgan fingerprint density at radius 2 is 1.95 bits per heavy atom. The van der Waals surface area contributed by atoms with Gasteiger partial charge in [0.15, 0.2) is 12.0 Å². The Balaban J connectivity index is 2.25. The van der Waals surface area contributed by atoms with Crippen molar-refractivity contribution in [1.29, 1.82) is 0 Å². The number of carbonyl (C=O) groups is 1. The zero-order chi connectivity index (χ0) is 14.2. The molecule has 19 heavy (non-hydrogen) atoms. The van der Waals surface area contributed by atoms with Crippen LogP contribution in [0.15, 0.2) is 23.2 Å². The number of amides is 1. The molecule has 1 aliphatic rings. The molecule has 0 fully saturated rings. The smallest absolute Gasteiger partial charge is 0.256 e. The molecule has 4 nitrogen and oxygen atoms in total. The zero-order valence-electron chi connectivity index (χ0n) is 10.9. The lowest BCUT2D eigenvalue weighted by atomic mass is 10.1. The average molecular weight is 300 g/mol. The third kappa shape index (κ3) is 3.39. The summed E-state index contributed by atoms with van der Waals surface area (Å²) in [6.07, 6.45) is 0. The summed E-state index contributed by atoms with van der Waals surface area (Å²) >= 11 is 11.8. The Hall–Kier alpha value is -1.26. The van der Waals surface area contributed by atoms with Crippen molar-refractivity contribution in [3.05, 3.63) is 33.8 Å². The number of nitrogens with one attached hydrogen (secondary N) is 2. The van der Waals surface area contributed by atoms with Gasteiger partial charge in [0.25, 0.3) is 5.91 Å². The lowest BCUT2D eigenvalue weighted by Crippen LogP contribution is -2.46. The molecule has 0 bridgehead atoms. The lowest BCUT2D eigenvalue weighted by Gasteiger charge is -2.21. The van der Waals surface area contributed by atoms with Gasteiger partial charge in [0.2, 0.25) is 0 Å². The molecule has 1 aromatic carbocycles. The van der Waals surface area contributed by atoms with E-state index in [4.69, 9.17) is 23.2 Å². The first-order chi connectivity index (χ1) is 8.76. The molecule has 0 saturated carbocycles. The second-order valence-corrected chi connectivity index (χ2v) is 6.23. The van der Waals surface area contributed by atoms with Gasteiger partial charge in [-0.3, -0.25) is 10.1 Å². The molecular weight excluding hydrogens is 285 g/mol. The van der Waals surface area contributed by atoms with Gasteiger partial charge in [0.05, 0.1) is 10.0 Å². The van der Waals surface area contributed by atoms with E-state index in [1.165, 1.54) is 0 Å². The van der Waals surface area contributed by atoms with Crippen LogP contribution in [-0.4, -0.2) is 17.4 Å². The fourth-order valence-corrected chi connectivity index (χ4v) is 2.04. The molecule has 102 valence electrons. The fourth-order valence-electron chi connectivity index (χ4n) is 1.73. The molecule has 1 heterocycles. The first-order valence-electron chi connectivity index (χ1n) is 5.88. The molecule has 6 heteroatoms. The van der Waals surface area contributed by atoms with E-state index in [2.05, 4.69) is 15.6 Å². The minimum atomic E-state index is -0.584. The largest absolute Gasteiger partial charge is 0.351 e. The highest BCUT2D eigenvalue weighted by atomic mass is 35.5. The summed E-state index contributed by atoms with van der Waals surface area (Å²) in [6, 6.07) is 4.50. The van der Waals surface area contributed by atoms with Crippen LogP contribution < -0.4 is 10.6 Å². The Morgan fingerprint density at radius 1 is 1.26 bits per heavy atom. The van der Waals surface area contributed by atoms with Crippen molar-refractivity contribution in [3.63, 3.8) is 0 Å². The Kier molecular flexibility index (Phi) is 3.74. The zero-order valence-corrected chi connectivity index (χ0v) is 12.4. The van der Waals surface area contributed by atoms with Crippen LogP contribution in [0.25, 0.3) is 0 Å². The van der Waals surface area contributed by atoms with E-state index in [-0.39, 0.29) is 11.4 Å². The van der Waals surface area contributed by atoms with E-state index in [0.29, 0.717) is 16.0 Å². The van der Waals surface area contributed by atoms with E-state index in [1.807, 2.05) is 20.8 Å². The third-order valence-corrected chi connectivity index (χ3v) is 3.24. The molecule has 1 aromatic rings. The average Bonchev–Trinajstić information content (AvgIpc) is 2.61. The maximum absolute atomic E-state index is 11.9. The number of halogens is 2. The monoisotopic (exact) mass is 299 g/mol. The number of nitrogens with zero attached hydrogens (tertiary/aromatic N) is 1. The van der Waals surface area contributed by atoms with Crippen molar-refractivity contribution in [1.82, 2.24) is 10.6 Å². The first kappa shape index (κ1) is 14.2. The van der Waals surface area contributed by atoms with Gasteiger partial charge in [-0.1, -0.05) is 29.3 Å². The van der Waals surface area contributed by atoms with Gasteiger partial charge in [0, 0.05) is 5.54 Å². The van der Waals surface area contributed by atoms with E-state index < -0.39 is 6.04 Å². The highest BCUT2D eigenvalue weighted by Gasteiger charge is 2.29. The Bertz CT molecular complexity index is 549. The number of aliphatic imine (C=N–C) groups is 1. The quantitative estimate of drug-likeness (QED) is 0.838. The van der Waals surface area contributed by atoms with Gasteiger partial charge < -0.3 is 5.32 Å². The van der Waals surface area contributed by atoms with E-state index in [9.17, 15) is 4.79 Å². The highest BCUT2D eigenvalue weighted by molar-refractivity contribution is 6.42. The predicted molar refractivity (Wildman–Crippen MR) is 77.7 cm³/mol. The van der Waals surface area contributed by atoms with Crippen LogP contribution >= 0.6 is 23.2 Å². The van der Waals surface area contributed by atoms with Crippen molar-refractivity contribution in [2.75, 3.05) is 0 Å². The molecule has 1 amide bonds. The summed E-state index contributed by atoms with van der Waals surface area (Å²) in [6.45, 7) is 5.98. The van der Waals surface area contributed by atoms with Crippen molar-refractivity contribution in [2.24, 2.45) is 4.99 Å². The molecule has 2 N–H and O–H groups in total.